The Bertz CT molecular complexity index is 1170. The summed E-state index contributed by atoms with van der Waals surface area (Å²) in [7, 11) is 0. The molecule has 0 saturated carbocycles. The molecule has 0 heterocycles. The van der Waals surface area contributed by atoms with Gasteiger partial charge in [-0.1, -0.05) is 229 Å². The van der Waals surface area contributed by atoms with E-state index in [4.69, 9.17) is 4.74 Å². The molecule has 0 aromatic rings. The molecule has 0 rings (SSSR count). The topological polar surface area (TPSA) is 95.9 Å². The Labute approximate surface area is 390 Å². The second-order valence-corrected chi connectivity index (χ2v) is 17.9. The minimum atomic E-state index is -0.806. The third kappa shape index (κ3) is 45.7. The van der Waals surface area contributed by atoms with Gasteiger partial charge in [-0.3, -0.25) is 9.59 Å². The molecule has 0 aliphatic heterocycles. The van der Waals surface area contributed by atoms with Crippen LogP contribution in [0.4, 0.5) is 0 Å². The maximum absolute atomic E-state index is 13.2. The Balaban J connectivity index is 4.61. The van der Waals surface area contributed by atoms with Gasteiger partial charge in [-0.05, 0) is 83.5 Å². The molecule has 0 fully saturated rings. The summed E-state index contributed by atoms with van der Waals surface area (Å²) in [6.07, 6.45) is 64.0. The van der Waals surface area contributed by atoms with Crippen LogP contribution in [0.1, 0.15) is 252 Å². The van der Waals surface area contributed by atoms with Crippen LogP contribution >= 0.6 is 0 Å². The van der Waals surface area contributed by atoms with Gasteiger partial charge in [0, 0.05) is 6.42 Å². The number of ether oxygens (including phenoxy) is 1. The summed E-state index contributed by atoms with van der Waals surface area (Å²) in [4.78, 5) is 26.1. The summed E-state index contributed by atoms with van der Waals surface area (Å²) in [5, 5.41) is 23.8. The smallest absolute Gasteiger partial charge is 0.306 e. The van der Waals surface area contributed by atoms with Crippen LogP contribution in [0, 0.1) is 0 Å². The molecular weight excluding hydrogens is 779 g/mol. The molecule has 0 spiro atoms. The van der Waals surface area contributed by atoms with E-state index in [2.05, 4.69) is 99.0 Å². The molecular formula is C57H101NO5. The molecule has 0 aromatic heterocycles. The van der Waals surface area contributed by atoms with Gasteiger partial charge >= 0.3 is 5.97 Å². The van der Waals surface area contributed by atoms with Crippen LogP contribution in [0.2, 0.25) is 0 Å². The van der Waals surface area contributed by atoms with Crippen LogP contribution in [-0.2, 0) is 14.3 Å². The largest absolute Gasteiger partial charge is 0.462 e. The van der Waals surface area contributed by atoms with Crippen molar-refractivity contribution in [2.45, 2.75) is 270 Å². The number of unbranched alkanes of at least 4 members (excludes halogenated alkanes) is 23. The van der Waals surface area contributed by atoms with Gasteiger partial charge in [-0.25, -0.2) is 0 Å². The lowest BCUT2D eigenvalue weighted by Crippen LogP contribution is -2.46. The molecule has 364 valence electrons. The number of rotatable bonds is 47. The lowest BCUT2D eigenvalue weighted by atomic mass is 10.0. The van der Waals surface area contributed by atoms with E-state index < -0.39 is 18.2 Å². The number of amides is 1. The number of esters is 1. The highest BCUT2D eigenvalue weighted by Gasteiger charge is 2.24. The summed E-state index contributed by atoms with van der Waals surface area (Å²) >= 11 is 0. The fourth-order valence-electron chi connectivity index (χ4n) is 7.76. The van der Waals surface area contributed by atoms with Gasteiger partial charge in [-0.15, -0.1) is 0 Å². The molecule has 3 atom stereocenters. The predicted molar refractivity (Wildman–Crippen MR) is 273 cm³/mol. The number of carbonyl (C=O) groups excluding carboxylic acids is 2. The Morgan fingerprint density at radius 2 is 0.905 bits per heavy atom. The normalized spacial score (nSPS) is 13.8. The Morgan fingerprint density at radius 3 is 1.41 bits per heavy atom. The summed E-state index contributed by atoms with van der Waals surface area (Å²) in [5.41, 5.74) is 0. The van der Waals surface area contributed by atoms with Crippen molar-refractivity contribution in [2.24, 2.45) is 0 Å². The van der Waals surface area contributed by atoms with Gasteiger partial charge in [0.25, 0.3) is 0 Å². The van der Waals surface area contributed by atoms with E-state index in [-0.39, 0.29) is 24.9 Å². The molecule has 6 heteroatoms. The van der Waals surface area contributed by atoms with E-state index in [1.54, 1.807) is 0 Å². The number of aliphatic hydroxyl groups excluding tert-OH is 2. The molecule has 0 aliphatic rings. The van der Waals surface area contributed by atoms with Crippen molar-refractivity contribution in [2.75, 3.05) is 6.61 Å². The number of allylic oxidation sites excluding steroid dienone is 12. The van der Waals surface area contributed by atoms with Gasteiger partial charge in [0.1, 0.15) is 6.10 Å². The number of aliphatic hydroxyl groups is 2. The van der Waals surface area contributed by atoms with Crippen molar-refractivity contribution in [1.29, 1.82) is 0 Å². The Hall–Kier alpha value is -2.70. The molecule has 3 N–H and O–H groups in total. The van der Waals surface area contributed by atoms with E-state index in [1.165, 1.54) is 109 Å². The van der Waals surface area contributed by atoms with Crippen LogP contribution in [0.3, 0.4) is 0 Å². The van der Waals surface area contributed by atoms with Crippen molar-refractivity contribution >= 4 is 11.9 Å². The van der Waals surface area contributed by atoms with Gasteiger partial charge in [0.05, 0.1) is 25.2 Å². The zero-order valence-corrected chi connectivity index (χ0v) is 41.4. The average Bonchev–Trinajstić information content (AvgIpc) is 3.28. The van der Waals surface area contributed by atoms with Gasteiger partial charge in [-0.2, -0.15) is 0 Å². The molecule has 0 radical (unpaired) electrons. The lowest BCUT2D eigenvalue weighted by Gasteiger charge is -2.24. The summed E-state index contributed by atoms with van der Waals surface area (Å²) in [6, 6.07) is -0.724. The van der Waals surface area contributed by atoms with E-state index in [9.17, 15) is 19.8 Å². The number of nitrogens with one attached hydrogen (secondary N) is 1. The predicted octanol–water partition coefficient (Wildman–Crippen LogP) is 16.2. The first-order valence-electron chi connectivity index (χ1n) is 26.7. The van der Waals surface area contributed by atoms with Gasteiger partial charge in [0.15, 0.2) is 0 Å². The highest BCUT2D eigenvalue weighted by molar-refractivity contribution is 5.77. The first-order valence-corrected chi connectivity index (χ1v) is 26.7. The van der Waals surface area contributed by atoms with Crippen LogP contribution < -0.4 is 5.32 Å². The SMILES string of the molecule is CC/C=C\C/C=C\C/C=C\C/C=C\C/C=C\CCCC(CC(=O)NC(CO)C(O)CCCCCCCCCCCCCCCCCCC)OC(=O)CCCCCCC/C=C\CCC. The fraction of sp³-hybridized carbons (Fsp3) is 0.754. The third-order valence-electron chi connectivity index (χ3n) is 11.8. The molecule has 0 aliphatic carbocycles. The molecule has 0 aromatic carbocycles. The minimum absolute atomic E-state index is 0.0330. The van der Waals surface area contributed by atoms with E-state index >= 15 is 0 Å². The van der Waals surface area contributed by atoms with Crippen molar-refractivity contribution in [3.05, 3.63) is 72.9 Å². The fourth-order valence-corrected chi connectivity index (χ4v) is 7.76. The van der Waals surface area contributed by atoms with Gasteiger partial charge in [0.2, 0.25) is 5.91 Å². The van der Waals surface area contributed by atoms with Crippen molar-refractivity contribution in [1.82, 2.24) is 5.32 Å². The second kappa shape index (κ2) is 50.3. The number of hydrogen-bond donors (Lipinski definition) is 3. The second-order valence-electron chi connectivity index (χ2n) is 17.9. The first kappa shape index (κ1) is 60.3. The lowest BCUT2D eigenvalue weighted by molar-refractivity contribution is -0.151. The van der Waals surface area contributed by atoms with Crippen molar-refractivity contribution in [3.8, 4) is 0 Å². The third-order valence-corrected chi connectivity index (χ3v) is 11.8. The van der Waals surface area contributed by atoms with Crippen molar-refractivity contribution < 1.29 is 24.5 Å². The van der Waals surface area contributed by atoms with Crippen LogP contribution in [0.25, 0.3) is 0 Å². The van der Waals surface area contributed by atoms with Crippen molar-refractivity contribution in [3.63, 3.8) is 0 Å². The number of hydrogen-bond acceptors (Lipinski definition) is 5. The zero-order valence-electron chi connectivity index (χ0n) is 41.4. The Morgan fingerprint density at radius 1 is 0.476 bits per heavy atom. The van der Waals surface area contributed by atoms with Gasteiger partial charge < -0.3 is 20.3 Å². The zero-order chi connectivity index (χ0) is 45.9. The van der Waals surface area contributed by atoms with E-state index in [0.717, 1.165) is 96.3 Å². The standard InChI is InChI=1S/C57H101NO5/c1-4-7-10-13-16-19-22-24-26-28-30-32-34-36-39-42-45-48-53(63-57(62)50-47-44-41-38-21-18-15-12-9-6-3)51-56(61)58-54(52-59)55(60)49-46-43-40-37-35-33-31-29-27-25-23-20-17-14-11-8-5-2/h7,10,12,15-16,19,24,26,30,32,36,39,53-55,59-60H,4-6,8-9,11,13-14,17-18,20-23,25,27-29,31,33-35,37-38,40-52H2,1-3H3,(H,58,61)/b10-7-,15-12-,19-16-,26-24-,32-30-,39-36-. The summed E-state index contributed by atoms with van der Waals surface area (Å²) in [5.74, 6) is -0.543. The summed E-state index contributed by atoms with van der Waals surface area (Å²) < 4.78 is 5.89. The first-order chi connectivity index (χ1) is 31.0. The average molecular weight is 880 g/mol. The molecule has 3 unspecified atom stereocenters. The van der Waals surface area contributed by atoms with Crippen LogP contribution in [0.15, 0.2) is 72.9 Å². The quantitative estimate of drug-likeness (QED) is 0.0321. The summed E-state index contributed by atoms with van der Waals surface area (Å²) in [6.45, 7) is 6.30. The molecule has 1 amide bonds. The molecule has 0 saturated heterocycles. The monoisotopic (exact) mass is 880 g/mol. The highest BCUT2D eigenvalue weighted by atomic mass is 16.5. The van der Waals surface area contributed by atoms with E-state index in [1.807, 2.05) is 0 Å². The number of carbonyl (C=O) groups is 2. The molecule has 6 nitrogen and oxygen atoms in total. The highest BCUT2D eigenvalue weighted by Crippen LogP contribution is 2.17. The molecule has 0 bridgehead atoms. The maximum Gasteiger partial charge on any atom is 0.306 e. The Kier molecular flexibility index (Phi) is 48.1. The minimum Gasteiger partial charge on any atom is -0.462 e. The van der Waals surface area contributed by atoms with Crippen LogP contribution in [0.5, 0.6) is 0 Å². The van der Waals surface area contributed by atoms with E-state index in [0.29, 0.717) is 19.3 Å². The molecule has 63 heavy (non-hydrogen) atoms. The van der Waals surface area contributed by atoms with Crippen LogP contribution in [-0.4, -0.2) is 46.9 Å². The maximum atomic E-state index is 13.2.